The van der Waals surface area contributed by atoms with Gasteiger partial charge in [0, 0.05) is 64.8 Å². The van der Waals surface area contributed by atoms with Crippen LogP contribution in [0, 0.1) is 5.92 Å². The molecule has 0 amide bonds. The molecule has 26 heavy (non-hydrogen) atoms. The van der Waals surface area contributed by atoms with E-state index in [0.717, 1.165) is 51.7 Å². The highest BCUT2D eigenvalue weighted by Gasteiger charge is 2.16. The van der Waals surface area contributed by atoms with Crippen molar-refractivity contribution < 1.29 is 4.74 Å². The maximum absolute atomic E-state index is 5.10. The number of methoxy groups -OCH3 is 1. The van der Waals surface area contributed by atoms with Crippen molar-refractivity contribution in [3.8, 4) is 0 Å². The molecule has 0 spiro atoms. The number of likely N-dealkylation sites (N-methyl/N-ethyl adjacent to an activating group) is 1. The lowest BCUT2D eigenvalue weighted by Gasteiger charge is -2.21. The molecular formula is C20H37N5O. The number of aliphatic imine (C=N–C) groups is 1. The highest BCUT2D eigenvalue weighted by atomic mass is 16.5. The van der Waals surface area contributed by atoms with Gasteiger partial charge in [-0.2, -0.15) is 0 Å². The van der Waals surface area contributed by atoms with E-state index in [2.05, 4.69) is 54.4 Å². The monoisotopic (exact) mass is 363 g/mol. The van der Waals surface area contributed by atoms with E-state index in [-0.39, 0.29) is 0 Å². The van der Waals surface area contributed by atoms with Gasteiger partial charge in [-0.15, -0.1) is 0 Å². The maximum atomic E-state index is 5.10. The molecule has 0 aliphatic heterocycles. The third-order valence-electron chi connectivity index (χ3n) is 4.38. The molecule has 1 heterocycles. The summed E-state index contributed by atoms with van der Waals surface area (Å²) < 4.78 is 5.10. The highest BCUT2D eigenvalue weighted by molar-refractivity contribution is 5.79. The number of hydrogen-bond donors (Lipinski definition) is 2. The summed E-state index contributed by atoms with van der Waals surface area (Å²) in [7, 11) is 3.88. The van der Waals surface area contributed by atoms with Crippen LogP contribution in [0.5, 0.6) is 0 Å². The molecule has 1 rings (SSSR count). The van der Waals surface area contributed by atoms with Crippen LogP contribution in [-0.4, -0.2) is 69.3 Å². The van der Waals surface area contributed by atoms with Crippen LogP contribution in [-0.2, 0) is 4.74 Å². The molecule has 0 aromatic carbocycles. The zero-order chi connectivity index (χ0) is 19.2. The van der Waals surface area contributed by atoms with Crippen molar-refractivity contribution in [2.75, 3.05) is 53.5 Å². The van der Waals surface area contributed by atoms with Gasteiger partial charge >= 0.3 is 0 Å². The van der Waals surface area contributed by atoms with Gasteiger partial charge in [-0.3, -0.25) is 9.98 Å². The summed E-state index contributed by atoms with van der Waals surface area (Å²) in [5.41, 5.74) is 1.25. The van der Waals surface area contributed by atoms with Crippen molar-refractivity contribution in [1.29, 1.82) is 0 Å². The molecule has 6 nitrogen and oxygen atoms in total. The number of rotatable bonds is 12. The minimum atomic E-state index is 0.371. The van der Waals surface area contributed by atoms with E-state index in [1.165, 1.54) is 5.56 Å². The predicted octanol–water partition coefficient (Wildman–Crippen LogP) is 2.34. The highest BCUT2D eigenvalue weighted by Crippen LogP contribution is 2.23. The number of nitrogens with zero attached hydrogens (tertiary/aromatic N) is 3. The molecular weight excluding hydrogens is 326 g/mol. The Hall–Kier alpha value is -1.66. The topological polar surface area (TPSA) is 61.8 Å². The average Bonchev–Trinajstić information content (AvgIpc) is 2.62. The fraction of sp³-hybridized carbons (Fsp3) is 0.700. The SMILES string of the molecule is CCNC(=NCC(c1cccnc1)C(C)C)NCCN(C)CCCOC. The molecule has 0 aliphatic rings. The third kappa shape index (κ3) is 9.15. The van der Waals surface area contributed by atoms with Crippen molar-refractivity contribution in [3.63, 3.8) is 0 Å². The molecule has 1 aromatic rings. The van der Waals surface area contributed by atoms with Crippen LogP contribution >= 0.6 is 0 Å². The van der Waals surface area contributed by atoms with Gasteiger partial charge < -0.3 is 20.3 Å². The van der Waals surface area contributed by atoms with Crippen molar-refractivity contribution in [2.24, 2.45) is 10.9 Å². The van der Waals surface area contributed by atoms with Gasteiger partial charge in [-0.05, 0) is 37.9 Å². The first-order valence-electron chi connectivity index (χ1n) is 9.68. The van der Waals surface area contributed by atoms with Gasteiger partial charge in [0.2, 0.25) is 0 Å². The van der Waals surface area contributed by atoms with Gasteiger partial charge in [-0.1, -0.05) is 19.9 Å². The summed E-state index contributed by atoms with van der Waals surface area (Å²) in [6.45, 7) is 11.9. The second-order valence-electron chi connectivity index (χ2n) is 6.93. The molecule has 148 valence electrons. The van der Waals surface area contributed by atoms with Crippen LogP contribution < -0.4 is 10.6 Å². The van der Waals surface area contributed by atoms with Crippen molar-refractivity contribution in [1.82, 2.24) is 20.5 Å². The summed E-state index contributed by atoms with van der Waals surface area (Å²) in [5, 5.41) is 6.78. The summed E-state index contributed by atoms with van der Waals surface area (Å²) >= 11 is 0. The Balaban J connectivity index is 2.53. The minimum absolute atomic E-state index is 0.371. The van der Waals surface area contributed by atoms with E-state index < -0.39 is 0 Å². The zero-order valence-corrected chi connectivity index (χ0v) is 17.2. The number of ether oxygens (including phenoxy) is 1. The Morgan fingerprint density at radius 3 is 2.73 bits per heavy atom. The van der Waals surface area contributed by atoms with E-state index in [1.807, 2.05) is 18.5 Å². The zero-order valence-electron chi connectivity index (χ0n) is 17.2. The fourth-order valence-electron chi connectivity index (χ4n) is 2.78. The Morgan fingerprint density at radius 2 is 2.12 bits per heavy atom. The Labute approximate surface area is 159 Å². The molecule has 1 atom stereocenters. The molecule has 0 saturated carbocycles. The van der Waals surface area contributed by atoms with Gasteiger partial charge in [0.25, 0.3) is 0 Å². The van der Waals surface area contributed by atoms with Crippen LogP contribution in [0.4, 0.5) is 0 Å². The summed E-state index contributed by atoms with van der Waals surface area (Å²) in [6.07, 6.45) is 4.83. The maximum Gasteiger partial charge on any atom is 0.191 e. The number of aromatic nitrogens is 1. The summed E-state index contributed by atoms with van der Waals surface area (Å²) in [4.78, 5) is 11.4. The Bertz CT molecular complexity index is 492. The van der Waals surface area contributed by atoms with E-state index in [9.17, 15) is 0 Å². The van der Waals surface area contributed by atoms with E-state index in [4.69, 9.17) is 9.73 Å². The molecule has 6 heteroatoms. The normalized spacial score (nSPS) is 13.3. The lowest BCUT2D eigenvalue weighted by atomic mass is 9.89. The smallest absolute Gasteiger partial charge is 0.191 e. The van der Waals surface area contributed by atoms with E-state index in [0.29, 0.717) is 11.8 Å². The molecule has 0 radical (unpaired) electrons. The van der Waals surface area contributed by atoms with E-state index >= 15 is 0 Å². The van der Waals surface area contributed by atoms with Crippen LogP contribution in [0.1, 0.15) is 38.7 Å². The first-order valence-corrected chi connectivity index (χ1v) is 9.68. The van der Waals surface area contributed by atoms with Gasteiger partial charge in [0.1, 0.15) is 0 Å². The van der Waals surface area contributed by atoms with E-state index in [1.54, 1.807) is 7.11 Å². The number of nitrogens with one attached hydrogen (secondary N) is 2. The molecule has 0 saturated heterocycles. The Morgan fingerprint density at radius 1 is 1.31 bits per heavy atom. The van der Waals surface area contributed by atoms with Crippen molar-refractivity contribution in [2.45, 2.75) is 33.1 Å². The van der Waals surface area contributed by atoms with Gasteiger partial charge in [-0.25, -0.2) is 0 Å². The number of pyridine rings is 1. The first kappa shape index (κ1) is 22.4. The van der Waals surface area contributed by atoms with Gasteiger partial charge in [0.05, 0.1) is 0 Å². The predicted molar refractivity (Wildman–Crippen MR) is 110 cm³/mol. The minimum Gasteiger partial charge on any atom is -0.385 e. The third-order valence-corrected chi connectivity index (χ3v) is 4.38. The lowest BCUT2D eigenvalue weighted by molar-refractivity contribution is 0.180. The molecule has 0 aliphatic carbocycles. The Kier molecular flexibility index (Phi) is 11.6. The fourth-order valence-corrected chi connectivity index (χ4v) is 2.78. The number of guanidine groups is 1. The van der Waals surface area contributed by atoms with Gasteiger partial charge in [0.15, 0.2) is 5.96 Å². The van der Waals surface area contributed by atoms with Crippen LogP contribution in [0.2, 0.25) is 0 Å². The molecule has 1 aromatic heterocycles. The number of hydrogen-bond acceptors (Lipinski definition) is 4. The molecule has 0 fully saturated rings. The van der Waals surface area contributed by atoms with Crippen LogP contribution in [0.15, 0.2) is 29.5 Å². The molecule has 2 N–H and O–H groups in total. The molecule has 1 unspecified atom stereocenters. The second kappa shape index (κ2) is 13.5. The largest absolute Gasteiger partial charge is 0.385 e. The summed E-state index contributed by atoms with van der Waals surface area (Å²) in [5.74, 6) is 1.76. The summed E-state index contributed by atoms with van der Waals surface area (Å²) in [6, 6.07) is 4.14. The average molecular weight is 364 g/mol. The lowest BCUT2D eigenvalue weighted by Crippen LogP contribution is -2.41. The van der Waals surface area contributed by atoms with Crippen molar-refractivity contribution in [3.05, 3.63) is 30.1 Å². The van der Waals surface area contributed by atoms with Crippen molar-refractivity contribution >= 4 is 5.96 Å². The quantitative estimate of drug-likeness (QED) is 0.339. The molecule has 0 bridgehead atoms. The first-order chi connectivity index (χ1) is 12.6. The van der Waals surface area contributed by atoms with Crippen LogP contribution in [0.3, 0.4) is 0 Å². The van der Waals surface area contributed by atoms with Crippen LogP contribution in [0.25, 0.3) is 0 Å². The second-order valence-corrected chi connectivity index (χ2v) is 6.93. The standard InChI is InChI=1S/C20H37N5O/c1-6-22-20(23-11-13-25(4)12-8-14-26-5)24-16-19(17(2)3)18-9-7-10-21-15-18/h7,9-10,15,17,19H,6,8,11-14,16H2,1-5H3,(H2,22,23,24).